The lowest BCUT2D eigenvalue weighted by atomic mass is 10.4. The number of nitrogens with two attached hydrogens (primary N) is 1. The van der Waals surface area contributed by atoms with Crippen LogP contribution in [0.1, 0.15) is 0 Å². The lowest BCUT2D eigenvalue weighted by Crippen LogP contribution is -2.07. The van der Waals surface area contributed by atoms with Crippen molar-refractivity contribution in [3.05, 3.63) is 12.3 Å². The van der Waals surface area contributed by atoms with Crippen LogP contribution in [0.25, 0.3) is 11.0 Å². The Morgan fingerprint density at radius 1 is 1.55 bits per heavy atom. The van der Waals surface area contributed by atoms with Gasteiger partial charge in [0.25, 0.3) is 0 Å². The smallest absolute Gasteiger partial charge is 0.190 e. The van der Waals surface area contributed by atoms with E-state index < -0.39 is 0 Å². The van der Waals surface area contributed by atoms with Crippen molar-refractivity contribution < 1.29 is 0 Å². The van der Waals surface area contributed by atoms with Crippen LogP contribution in [0.3, 0.4) is 0 Å². The Labute approximate surface area is 61.8 Å². The molecule has 56 valence electrons. The Morgan fingerprint density at radius 3 is 3.27 bits per heavy atom. The van der Waals surface area contributed by atoms with E-state index in [1.165, 1.54) is 0 Å². The van der Waals surface area contributed by atoms with Crippen molar-refractivity contribution in [3.8, 4) is 0 Å². The molecule has 0 radical (unpaired) electrons. The molecule has 6 heteroatoms. The van der Waals surface area contributed by atoms with Gasteiger partial charge in [0.15, 0.2) is 11.3 Å². The average molecular weight is 150 g/mol. The van der Waals surface area contributed by atoms with Gasteiger partial charge in [-0.1, -0.05) is 0 Å². The van der Waals surface area contributed by atoms with Crippen molar-refractivity contribution in [2.24, 2.45) is 5.84 Å². The van der Waals surface area contributed by atoms with E-state index in [1.807, 2.05) is 0 Å². The fourth-order valence-electron chi connectivity index (χ4n) is 0.867. The number of H-pyrrole nitrogens is 1. The first-order valence-corrected chi connectivity index (χ1v) is 3.04. The Hall–Kier alpha value is -1.69. The van der Waals surface area contributed by atoms with E-state index in [4.69, 9.17) is 5.84 Å². The minimum absolute atomic E-state index is 0.508. The Bertz CT molecular complexity index is 366. The van der Waals surface area contributed by atoms with Crippen LogP contribution in [0, 0.1) is 0 Å². The summed E-state index contributed by atoms with van der Waals surface area (Å²) in [6, 6.07) is 1.77. The molecule has 2 aromatic heterocycles. The molecule has 0 atom stereocenters. The van der Waals surface area contributed by atoms with Gasteiger partial charge < -0.3 is 5.43 Å². The SMILES string of the molecule is NNc1n[nH]c2ccnnc12. The monoisotopic (exact) mass is 150 g/mol. The summed E-state index contributed by atoms with van der Waals surface area (Å²) in [6.07, 6.45) is 1.58. The van der Waals surface area contributed by atoms with Crippen LogP contribution in [-0.2, 0) is 0 Å². The topological polar surface area (TPSA) is 92.5 Å². The van der Waals surface area contributed by atoms with Gasteiger partial charge in [-0.05, 0) is 6.07 Å². The molecular weight excluding hydrogens is 144 g/mol. The van der Waals surface area contributed by atoms with Gasteiger partial charge >= 0.3 is 0 Å². The van der Waals surface area contributed by atoms with Gasteiger partial charge in [-0.25, -0.2) is 5.84 Å². The van der Waals surface area contributed by atoms with Gasteiger partial charge in [-0.2, -0.15) is 10.2 Å². The first-order chi connectivity index (χ1) is 5.42. The van der Waals surface area contributed by atoms with Gasteiger partial charge in [0.2, 0.25) is 0 Å². The zero-order valence-corrected chi connectivity index (χ0v) is 5.57. The summed E-state index contributed by atoms with van der Waals surface area (Å²) >= 11 is 0. The molecule has 0 aliphatic heterocycles. The van der Waals surface area contributed by atoms with E-state index in [0.717, 1.165) is 5.52 Å². The molecule has 0 amide bonds. The summed E-state index contributed by atoms with van der Waals surface area (Å²) in [5, 5.41) is 14.1. The van der Waals surface area contributed by atoms with E-state index in [9.17, 15) is 0 Å². The van der Waals surface area contributed by atoms with Gasteiger partial charge in [-0.3, -0.25) is 5.10 Å². The maximum Gasteiger partial charge on any atom is 0.190 e. The van der Waals surface area contributed by atoms with Crippen LogP contribution in [0.5, 0.6) is 0 Å². The predicted molar refractivity (Wildman–Crippen MR) is 39.5 cm³/mol. The zero-order chi connectivity index (χ0) is 7.68. The molecule has 2 aromatic rings. The van der Waals surface area contributed by atoms with Crippen LogP contribution >= 0.6 is 0 Å². The number of anilines is 1. The molecule has 0 saturated heterocycles. The maximum atomic E-state index is 5.16. The molecule has 0 spiro atoms. The van der Waals surface area contributed by atoms with Crippen LogP contribution in [-0.4, -0.2) is 20.4 Å². The summed E-state index contributed by atoms with van der Waals surface area (Å²) in [5.41, 5.74) is 3.87. The second kappa shape index (κ2) is 2.17. The normalized spacial score (nSPS) is 10.3. The third kappa shape index (κ3) is 0.802. The van der Waals surface area contributed by atoms with E-state index in [-0.39, 0.29) is 0 Å². The molecule has 2 rings (SSSR count). The van der Waals surface area contributed by atoms with E-state index in [2.05, 4.69) is 25.8 Å². The minimum atomic E-state index is 0.508. The maximum absolute atomic E-state index is 5.16. The molecule has 11 heavy (non-hydrogen) atoms. The van der Waals surface area contributed by atoms with Crippen LogP contribution < -0.4 is 11.3 Å². The standard InChI is InChI=1S/C5H6N6/c6-8-5-4-3(9-11-5)1-2-7-10-4/h1-2H,6H2,(H2,8,9,11). The number of hydrogen-bond acceptors (Lipinski definition) is 5. The Balaban J connectivity index is 2.76. The first kappa shape index (κ1) is 6.05. The number of rotatable bonds is 1. The number of fused-ring (bicyclic) bond motifs is 1. The zero-order valence-electron chi connectivity index (χ0n) is 5.57. The highest BCUT2D eigenvalue weighted by molar-refractivity contribution is 5.84. The Kier molecular flexibility index (Phi) is 1.19. The molecule has 0 aromatic carbocycles. The van der Waals surface area contributed by atoms with Crippen LogP contribution in [0.15, 0.2) is 12.3 Å². The van der Waals surface area contributed by atoms with Gasteiger partial charge in [0, 0.05) is 0 Å². The summed E-state index contributed by atoms with van der Waals surface area (Å²) in [6.45, 7) is 0. The molecule has 0 unspecified atom stereocenters. The van der Waals surface area contributed by atoms with Crippen molar-refractivity contribution in [1.29, 1.82) is 0 Å². The molecule has 6 nitrogen and oxygen atoms in total. The molecule has 0 saturated carbocycles. The molecular formula is C5H6N6. The summed E-state index contributed by atoms with van der Waals surface area (Å²) in [5.74, 6) is 5.67. The number of aromatic amines is 1. The highest BCUT2D eigenvalue weighted by atomic mass is 15.3. The molecule has 2 heterocycles. The number of aromatic nitrogens is 4. The third-order valence-corrected chi connectivity index (χ3v) is 1.37. The highest BCUT2D eigenvalue weighted by Gasteiger charge is 2.03. The lowest BCUT2D eigenvalue weighted by Gasteiger charge is -1.89. The second-order valence-corrected chi connectivity index (χ2v) is 2.01. The number of nitrogens with zero attached hydrogens (tertiary/aromatic N) is 3. The second-order valence-electron chi connectivity index (χ2n) is 2.01. The molecule has 4 N–H and O–H groups in total. The van der Waals surface area contributed by atoms with Gasteiger partial charge in [0.05, 0.1) is 11.7 Å². The molecule has 0 aliphatic carbocycles. The highest BCUT2D eigenvalue weighted by Crippen LogP contribution is 2.13. The molecule has 0 bridgehead atoms. The van der Waals surface area contributed by atoms with Crippen LogP contribution in [0.4, 0.5) is 5.82 Å². The van der Waals surface area contributed by atoms with Crippen molar-refractivity contribution >= 4 is 16.9 Å². The van der Waals surface area contributed by atoms with Crippen molar-refractivity contribution in [1.82, 2.24) is 20.4 Å². The first-order valence-electron chi connectivity index (χ1n) is 3.04. The summed E-state index contributed by atoms with van der Waals surface area (Å²) in [4.78, 5) is 0. The number of nitrogens with one attached hydrogen (secondary N) is 2. The predicted octanol–water partition coefficient (Wildman–Crippen LogP) is -0.362. The van der Waals surface area contributed by atoms with Crippen LogP contribution in [0.2, 0.25) is 0 Å². The fraction of sp³-hybridized carbons (Fsp3) is 0. The lowest BCUT2D eigenvalue weighted by molar-refractivity contribution is 1.08. The summed E-state index contributed by atoms with van der Waals surface area (Å²) in [7, 11) is 0. The number of hydrogen-bond donors (Lipinski definition) is 3. The molecule has 0 fully saturated rings. The largest absolute Gasteiger partial charge is 0.305 e. The van der Waals surface area contributed by atoms with Crippen molar-refractivity contribution in [3.63, 3.8) is 0 Å². The van der Waals surface area contributed by atoms with E-state index in [1.54, 1.807) is 12.3 Å². The quantitative estimate of drug-likeness (QED) is 0.381. The van der Waals surface area contributed by atoms with E-state index >= 15 is 0 Å². The summed E-state index contributed by atoms with van der Waals surface area (Å²) < 4.78 is 0. The average Bonchev–Trinajstić information content (AvgIpc) is 2.47. The number of nitrogen functional groups attached to an aromatic ring is 1. The Morgan fingerprint density at radius 2 is 2.45 bits per heavy atom. The van der Waals surface area contributed by atoms with Crippen molar-refractivity contribution in [2.75, 3.05) is 5.43 Å². The van der Waals surface area contributed by atoms with E-state index in [0.29, 0.717) is 11.3 Å². The number of hydrazine groups is 1. The van der Waals surface area contributed by atoms with Gasteiger partial charge in [0.1, 0.15) is 0 Å². The third-order valence-electron chi connectivity index (χ3n) is 1.37. The molecule has 0 aliphatic rings. The fourth-order valence-corrected chi connectivity index (χ4v) is 0.867. The van der Waals surface area contributed by atoms with Gasteiger partial charge in [-0.15, -0.1) is 5.10 Å². The minimum Gasteiger partial charge on any atom is -0.305 e. The van der Waals surface area contributed by atoms with Crippen molar-refractivity contribution in [2.45, 2.75) is 0 Å².